The Bertz CT molecular complexity index is 918. The van der Waals surface area contributed by atoms with Crippen LogP contribution < -0.4 is 5.32 Å². The number of rotatable bonds is 5. The van der Waals surface area contributed by atoms with Crippen molar-refractivity contribution in [1.29, 1.82) is 0 Å². The van der Waals surface area contributed by atoms with Crippen molar-refractivity contribution in [2.75, 3.05) is 17.8 Å². The van der Waals surface area contributed by atoms with Gasteiger partial charge in [-0.15, -0.1) is 0 Å². The summed E-state index contributed by atoms with van der Waals surface area (Å²) in [5.74, 6) is -0.292. The molecule has 1 aliphatic rings. The second kappa shape index (κ2) is 9.46. The summed E-state index contributed by atoms with van der Waals surface area (Å²) in [6.45, 7) is 2.12. The normalized spacial score (nSPS) is 14.5. The smallest absolute Gasteiger partial charge is 0.123 e. The maximum atomic E-state index is 13.3. The molecule has 0 bridgehead atoms. The first-order valence-corrected chi connectivity index (χ1v) is 11.5. The molecule has 3 aromatic rings. The number of hydrogen-bond donors (Lipinski definition) is 2. The summed E-state index contributed by atoms with van der Waals surface area (Å²) in [5, 5.41) is 18.9. The third kappa shape index (κ3) is 4.82. The van der Waals surface area contributed by atoms with Gasteiger partial charge < -0.3 is 10.4 Å². The van der Waals surface area contributed by atoms with Crippen molar-refractivity contribution < 1.29 is 9.50 Å². The minimum Gasteiger partial charge on any atom is -0.383 e. The van der Waals surface area contributed by atoms with Gasteiger partial charge in [-0.3, -0.25) is 0 Å². The van der Waals surface area contributed by atoms with Crippen LogP contribution in [0.3, 0.4) is 0 Å². The number of aryl methyl sites for hydroxylation is 1. The van der Waals surface area contributed by atoms with Crippen LogP contribution in [0.2, 0.25) is 0 Å². The molecule has 4 nitrogen and oxygen atoms in total. The van der Waals surface area contributed by atoms with E-state index in [1.54, 1.807) is 34.8 Å². The topological polar surface area (TPSA) is 50.1 Å². The van der Waals surface area contributed by atoms with Gasteiger partial charge >= 0.3 is 0 Å². The third-order valence-corrected chi connectivity index (χ3v) is 5.10. The highest BCUT2D eigenvalue weighted by molar-refractivity contribution is 7.97. The molecule has 0 amide bonds. The zero-order chi connectivity index (χ0) is 20.9. The Morgan fingerprint density at radius 1 is 1.10 bits per heavy atom. The van der Waals surface area contributed by atoms with Crippen molar-refractivity contribution in [3.05, 3.63) is 71.8 Å². The van der Waals surface area contributed by atoms with Gasteiger partial charge in [0.2, 0.25) is 0 Å². The molecule has 2 aromatic carbocycles. The summed E-state index contributed by atoms with van der Waals surface area (Å²) < 4.78 is 15.0. The Morgan fingerprint density at radius 2 is 1.72 bits per heavy atom. The van der Waals surface area contributed by atoms with E-state index in [0.29, 0.717) is 12.8 Å². The lowest BCUT2D eigenvalue weighted by Crippen LogP contribution is -2.36. The molecular weight excluding hydrogens is 385 g/mol. The van der Waals surface area contributed by atoms with Gasteiger partial charge in [-0.1, -0.05) is 19.1 Å². The second-order valence-corrected chi connectivity index (χ2v) is 8.08. The lowest BCUT2D eigenvalue weighted by atomic mass is 9.77. The van der Waals surface area contributed by atoms with Gasteiger partial charge in [-0.25, -0.2) is 9.07 Å². The van der Waals surface area contributed by atoms with Gasteiger partial charge in [0, 0.05) is 5.69 Å². The summed E-state index contributed by atoms with van der Waals surface area (Å²) in [4.78, 5) is 0. The van der Waals surface area contributed by atoms with Crippen LogP contribution in [0.1, 0.15) is 37.4 Å². The van der Waals surface area contributed by atoms with Crippen LogP contribution in [0.4, 0.5) is 15.8 Å². The van der Waals surface area contributed by atoms with Gasteiger partial charge in [-0.2, -0.15) is 16.9 Å². The lowest BCUT2D eigenvalue weighted by Gasteiger charge is -2.37. The molecule has 6 heteroatoms. The van der Waals surface area contributed by atoms with Crippen LogP contribution >= 0.6 is 11.8 Å². The number of thioether (sulfide) groups is 1. The molecule has 0 atom stereocenters. The Labute approximate surface area is 176 Å². The van der Waals surface area contributed by atoms with E-state index >= 15 is 0 Å². The predicted octanol–water partition coefficient (Wildman–Crippen LogP) is 5.67. The summed E-state index contributed by atoms with van der Waals surface area (Å²) in [7, 11) is 0. The molecule has 1 aliphatic carbocycles. The van der Waals surface area contributed by atoms with E-state index < -0.39 is 5.60 Å². The molecule has 0 spiro atoms. The molecule has 1 saturated carbocycles. The molecule has 154 valence electrons. The van der Waals surface area contributed by atoms with Gasteiger partial charge in [-0.05, 0) is 80.2 Å². The molecule has 0 saturated heterocycles. The highest BCUT2D eigenvalue weighted by Crippen LogP contribution is 2.45. The summed E-state index contributed by atoms with van der Waals surface area (Å²) >= 11 is 1.75. The monoisotopic (exact) mass is 413 g/mol. The van der Waals surface area contributed by atoms with E-state index in [2.05, 4.69) is 29.5 Å². The van der Waals surface area contributed by atoms with Crippen molar-refractivity contribution in [2.24, 2.45) is 0 Å². The summed E-state index contributed by atoms with van der Waals surface area (Å²) in [6, 6.07) is 14.4. The van der Waals surface area contributed by atoms with Crippen LogP contribution in [0.5, 0.6) is 0 Å². The Hall–Kier alpha value is -2.31. The molecule has 1 heterocycles. The van der Waals surface area contributed by atoms with Crippen LogP contribution in [0.15, 0.2) is 54.7 Å². The highest BCUT2D eigenvalue weighted by atomic mass is 32.2. The minimum atomic E-state index is -0.906. The van der Waals surface area contributed by atoms with E-state index in [4.69, 9.17) is 0 Å². The molecule has 2 N–H and O–H groups in total. The number of benzene rings is 2. The number of nitrogens with one attached hydrogen (secondary N) is 1. The fraction of sp³-hybridized carbons (Fsp3) is 0.348. The first kappa shape index (κ1) is 21.4. The number of aromatic nitrogens is 2. The van der Waals surface area contributed by atoms with Gasteiger partial charge in [0.25, 0.3) is 0 Å². The average molecular weight is 414 g/mol. The highest BCUT2D eigenvalue weighted by Gasteiger charge is 2.41. The van der Waals surface area contributed by atoms with Crippen molar-refractivity contribution in [2.45, 2.75) is 38.2 Å². The van der Waals surface area contributed by atoms with Crippen molar-refractivity contribution in [1.82, 2.24) is 9.78 Å². The lowest BCUT2D eigenvalue weighted by molar-refractivity contribution is -0.0439. The first-order chi connectivity index (χ1) is 14.0. The van der Waals surface area contributed by atoms with E-state index in [1.165, 1.54) is 17.7 Å². The summed E-state index contributed by atoms with van der Waals surface area (Å²) in [6.07, 6.45) is 9.18. The average Bonchev–Trinajstić information content (AvgIpc) is 3.12. The molecule has 1 fully saturated rings. The third-order valence-electron chi connectivity index (χ3n) is 5.10. The second-order valence-electron chi connectivity index (χ2n) is 7.26. The standard InChI is InChI=1S/C21H22FN3O.C2H6S/c1-2-15-4-8-17(9-5-15)24-19-14-23-25(18-10-6-16(22)7-11-18)20(19)21(26)12-3-13-21;1-3-2/h4-11,14,24,26H,2-3,12-13H2,1H3;1-2H3. The SMILES string of the molecule is CCc1ccc(Nc2cnn(-c3ccc(F)cc3)c2C2(O)CCC2)cc1.CSC. The van der Waals surface area contributed by atoms with Crippen LogP contribution in [-0.4, -0.2) is 27.4 Å². The molecule has 29 heavy (non-hydrogen) atoms. The number of hydrogen-bond acceptors (Lipinski definition) is 4. The Morgan fingerprint density at radius 3 is 2.24 bits per heavy atom. The fourth-order valence-electron chi connectivity index (χ4n) is 3.39. The Kier molecular flexibility index (Phi) is 6.98. The largest absolute Gasteiger partial charge is 0.383 e. The van der Waals surface area contributed by atoms with Crippen LogP contribution in [-0.2, 0) is 12.0 Å². The maximum absolute atomic E-state index is 13.3. The number of anilines is 2. The number of halogens is 1. The van der Waals surface area contributed by atoms with Crippen LogP contribution in [0.25, 0.3) is 5.69 Å². The molecule has 0 aliphatic heterocycles. The van der Waals surface area contributed by atoms with Gasteiger partial charge in [0.1, 0.15) is 11.4 Å². The van der Waals surface area contributed by atoms with Crippen molar-refractivity contribution >= 4 is 23.1 Å². The van der Waals surface area contributed by atoms with Crippen molar-refractivity contribution in [3.8, 4) is 5.69 Å². The molecule has 0 unspecified atom stereocenters. The molecule has 0 radical (unpaired) electrons. The van der Waals surface area contributed by atoms with Crippen LogP contribution in [0, 0.1) is 5.82 Å². The van der Waals surface area contributed by atoms with Gasteiger partial charge in [0.05, 0.1) is 23.3 Å². The number of nitrogens with zero attached hydrogens (tertiary/aromatic N) is 2. The number of aliphatic hydroxyl groups is 1. The fourth-order valence-corrected chi connectivity index (χ4v) is 3.39. The van der Waals surface area contributed by atoms with E-state index in [1.807, 2.05) is 24.6 Å². The van der Waals surface area contributed by atoms with E-state index in [-0.39, 0.29) is 5.82 Å². The predicted molar refractivity (Wildman–Crippen MR) is 120 cm³/mol. The molecule has 1 aromatic heterocycles. The van der Waals surface area contributed by atoms with E-state index in [0.717, 1.165) is 35.6 Å². The minimum absolute atomic E-state index is 0.292. The zero-order valence-corrected chi connectivity index (χ0v) is 18.0. The first-order valence-electron chi connectivity index (χ1n) is 9.83. The van der Waals surface area contributed by atoms with Crippen molar-refractivity contribution in [3.63, 3.8) is 0 Å². The van der Waals surface area contributed by atoms with Gasteiger partial charge in [0.15, 0.2) is 0 Å². The maximum Gasteiger partial charge on any atom is 0.123 e. The summed E-state index contributed by atoms with van der Waals surface area (Å²) in [5.41, 5.74) is 3.56. The quantitative estimate of drug-likeness (QED) is 0.566. The zero-order valence-electron chi connectivity index (χ0n) is 17.2. The van der Waals surface area contributed by atoms with E-state index in [9.17, 15) is 9.50 Å². The molecular formula is C23H28FN3OS. The molecule has 4 rings (SSSR count). The Balaban J connectivity index is 0.000000755.